The van der Waals surface area contributed by atoms with Gasteiger partial charge in [0.05, 0.1) is 18.3 Å². The second kappa shape index (κ2) is 7.47. The highest BCUT2D eigenvalue weighted by atomic mass is 16.6. The smallest absolute Gasteiger partial charge is 0.457 e. The first kappa shape index (κ1) is 16.5. The van der Waals surface area contributed by atoms with Gasteiger partial charge in [0.1, 0.15) is 6.61 Å². The first-order valence-electron chi connectivity index (χ1n) is 7.91. The molecule has 4 nitrogen and oxygen atoms in total. The second-order valence-corrected chi connectivity index (χ2v) is 5.76. The van der Waals surface area contributed by atoms with Crippen LogP contribution >= 0.6 is 0 Å². The van der Waals surface area contributed by atoms with Crippen LogP contribution < -0.4 is 5.46 Å². The molecule has 0 amide bonds. The highest BCUT2D eigenvalue weighted by Crippen LogP contribution is 2.11. The SMILES string of the molecule is C=Cc1ccc(COC(=O)c2ccc(B3OCC(C)O3)cc2)cc1. The molecule has 24 heavy (non-hydrogen) atoms. The van der Waals surface area contributed by atoms with Gasteiger partial charge >= 0.3 is 13.1 Å². The lowest BCUT2D eigenvalue weighted by Crippen LogP contribution is -2.32. The largest absolute Gasteiger partial charge is 0.494 e. The van der Waals surface area contributed by atoms with Gasteiger partial charge in [0.15, 0.2) is 0 Å². The van der Waals surface area contributed by atoms with Gasteiger partial charge in [0.25, 0.3) is 0 Å². The van der Waals surface area contributed by atoms with Gasteiger partial charge in [-0.15, -0.1) is 0 Å². The van der Waals surface area contributed by atoms with Crippen LogP contribution in [-0.2, 0) is 20.7 Å². The van der Waals surface area contributed by atoms with Crippen molar-refractivity contribution in [1.82, 2.24) is 0 Å². The number of rotatable bonds is 5. The van der Waals surface area contributed by atoms with E-state index < -0.39 is 0 Å². The van der Waals surface area contributed by atoms with Crippen LogP contribution in [0.25, 0.3) is 6.08 Å². The predicted molar refractivity (Wildman–Crippen MR) is 94.0 cm³/mol. The molecule has 2 aromatic rings. The Hall–Kier alpha value is -2.37. The van der Waals surface area contributed by atoms with E-state index in [1.165, 1.54) is 0 Å². The van der Waals surface area contributed by atoms with E-state index in [4.69, 9.17) is 14.0 Å². The molecule has 122 valence electrons. The number of hydrogen-bond donors (Lipinski definition) is 0. The van der Waals surface area contributed by atoms with Gasteiger partial charge in [-0.3, -0.25) is 0 Å². The fraction of sp³-hybridized carbons (Fsp3) is 0.211. The number of esters is 1. The maximum Gasteiger partial charge on any atom is 0.494 e. The van der Waals surface area contributed by atoms with E-state index in [2.05, 4.69) is 6.58 Å². The summed E-state index contributed by atoms with van der Waals surface area (Å²) in [6.45, 7) is 6.50. The molecule has 1 aliphatic rings. The lowest BCUT2D eigenvalue weighted by molar-refractivity contribution is 0.0472. The van der Waals surface area contributed by atoms with Crippen molar-refractivity contribution >= 4 is 24.6 Å². The molecule has 0 bridgehead atoms. The summed E-state index contributed by atoms with van der Waals surface area (Å²) in [5.74, 6) is -0.351. The molecule has 0 spiro atoms. The highest BCUT2D eigenvalue weighted by molar-refractivity contribution is 6.61. The molecule has 0 saturated carbocycles. The molecule has 1 saturated heterocycles. The minimum Gasteiger partial charge on any atom is -0.457 e. The molecule has 0 aliphatic carbocycles. The first-order valence-corrected chi connectivity index (χ1v) is 7.91. The van der Waals surface area contributed by atoms with Crippen LogP contribution in [-0.4, -0.2) is 25.8 Å². The fourth-order valence-electron chi connectivity index (χ4n) is 2.45. The lowest BCUT2D eigenvalue weighted by atomic mass is 9.79. The Morgan fingerprint density at radius 1 is 1.25 bits per heavy atom. The van der Waals surface area contributed by atoms with Crippen molar-refractivity contribution in [2.45, 2.75) is 19.6 Å². The molecule has 1 atom stereocenters. The minimum atomic E-state index is -0.353. The van der Waals surface area contributed by atoms with Crippen LogP contribution in [0.15, 0.2) is 55.1 Å². The summed E-state index contributed by atoms with van der Waals surface area (Å²) < 4.78 is 16.5. The van der Waals surface area contributed by atoms with Gasteiger partial charge in [-0.25, -0.2) is 4.79 Å². The Morgan fingerprint density at radius 2 is 1.96 bits per heavy atom. The zero-order chi connectivity index (χ0) is 16.9. The van der Waals surface area contributed by atoms with Crippen LogP contribution in [0.1, 0.15) is 28.4 Å². The van der Waals surface area contributed by atoms with Crippen LogP contribution in [0, 0.1) is 0 Å². The number of carbonyl (C=O) groups is 1. The third-order valence-electron chi connectivity index (χ3n) is 3.84. The van der Waals surface area contributed by atoms with Crippen molar-refractivity contribution in [1.29, 1.82) is 0 Å². The van der Waals surface area contributed by atoms with Crippen molar-refractivity contribution in [2.24, 2.45) is 0 Å². The van der Waals surface area contributed by atoms with Gasteiger partial charge in [-0.1, -0.05) is 49.1 Å². The summed E-state index contributed by atoms with van der Waals surface area (Å²) in [5.41, 5.74) is 3.38. The number of ether oxygens (including phenoxy) is 1. The third kappa shape index (κ3) is 3.93. The fourth-order valence-corrected chi connectivity index (χ4v) is 2.45. The van der Waals surface area contributed by atoms with Gasteiger partial charge in [0, 0.05) is 0 Å². The Bertz CT molecular complexity index is 709. The maximum atomic E-state index is 12.1. The van der Waals surface area contributed by atoms with Gasteiger partial charge < -0.3 is 14.0 Å². The quantitative estimate of drug-likeness (QED) is 0.627. The minimum absolute atomic E-state index is 0.0899. The predicted octanol–water partition coefficient (Wildman–Crippen LogP) is 2.82. The van der Waals surface area contributed by atoms with Crippen molar-refractivity contribution < 1.29 is 18.8 Å². The highest BCUT2D eigenvalue weighted by Gasteiger charge is 2.30. The molecule has 3 rings (SSSR count). The molecule has 5 heteroatoms. The van der Waals surface area contributed by atoms with Gasteiger partial charge in [-0.2, -0.15) is 0 Å². The van der Waals surface area contributed by atoms with Crippen molar-refractivity contribution in [3.05, 3.63) is 71.8 Å². The van der Waals surface area contributed by atoms with Crippen molar-refractivity contribution in [3.63, 3.8) is 0 Å². The van der Waals surface area contributed by atoms with E-state index in [1.54, 1.807) is 18.2 Å². The number of carbonyl (C=O) groups excluding carboxylic acids is 1. The monoisotopic (exact) mass is 322 g/mol. The average molecular weight is 322 g/mol. The molecule has 1 fully saturated rings. The lowest BCUT2D eigenvalue weighted by Gasteiger charge is -2.08. The summed E-state index contributed by atoms with van der Waals surface area (Å²) in [6, 6.07) is 14.8. The molecule has 0 radical (unpaired) electrons. The molecule has 1 aliphatic heterocycles. The Kier molecular flexibility index (Phi) is 5.13. The maximum absolute atomic E-state index is 12.1. The summed E-state index contributed by atoms with van der Waals surface area (Å²) in [6.07, 6.45) is 1.86. The zero-order valence-corrected chi connectivity index (χ0v) is 13.6. The Morgan fingerprint density at radius 3 is 2.54 bits per heavy atom. The van der Waals surface area contributed by atoms with E-state index in [0.29, 0.717) is 12.2 Å². The topological polar surface area (TPSA) is 44.8 Å². The third-order valence-corrected chi connectivity index (χ3v) is 3.84. The van der Waals surface area contributed by atoms with Crippen LogP contribution in [0.5, 0.6) is 0 Å². The van der Waals surface area contributed by atoms with E-state index in [9.17, 15) is 4.79 Å². The molecule has 1 heterocycles. The molecule has 0 aromatic heterocycles. The normalized spacial score (nSPS) is 16.9. The molecule has 2 aromatic carbocycles. The van der Waals surface area contributed by atoms with Crippen molar-refractivity contribution in [2.75, 3.05) is 6.61 Å². The van der Waals surface area contributed by atoms with Crippen LogP contribution in [0.4, 0.5) is 0 Å². The zero-order valence-electron chi connectivity index (χ0n) is 13.6. The molecular formula is C19H19BO4. The van der Waals surface area contributed by atoms with E-state index in [-0.39, 0.29) is 25.8 Å². The van der Waals surface area contributed by atoms with Gasteiger partial charge in [-0.05, 0) is 35.6 Å². The first-order chi connectivity index (χ1) is 11.7. The second-order valence-electron chi connectivity index (χ2n) is 5.76. The van der Waals surface area contributed by atoms with E-state index >= 15 is 0 Å². The van der Waals surface area contributed by atoms with Crippen LogP contribution in [0.2, 0.25) is 0 Å². The Labute approximate surface area is 142 Å². The van der Waals surface area contributed by atoms with Crippen LogP contribution in [0.3, 0.4) is 0 Å². The summed E-state index contributed by atoms with van der Waals surface area (Å²) >= 11 is 0. The summed E-state index contributed by atoms with van der Waals surface area (Å²) in [5, 5.41) is 0. The Balaban J connectivity index is 1.57. The van der Waals surface area contributed by atoms with Gasteiger partial charge in [0.2, 0.25) is 0 Å². The van der Waals surface area contributed by atoms with E-state index in [1.807, 2.05) is 43.3 Å². The standard InChI is InChI=1S/C19H19BO4/c1-3-15-4-6-16(7-5-15)13-22-19(21)17-8-10-18(11-9-17)20-23-12-14(2)24-20/h3-11,14H,1,12-13H2,2H3. The number of benzene rings is 2. The summed E-state index contributed by atoms with van der Waals surface area (Å²) in [4.78, 5) is 12.1. The molecule has 0 N–H and O–H groups in total. The average Bonchev–Trinajstić information content (AvgIpc) is 3.06. The number of hydrogen-bond acceptors (Lipinski definition) is 4. The summed E-state index contributed by atoms with van der Waals surface area (Å²) in [7, 11) is -0.353. The molecule has 1 unspecified atom stereocenters. The molecular weight excluding hydrogens is 303 g/mol. The van der Waals surface area contributed by atoms with Crippen molar-refractivity contribution in [3.8, 4) is 0 Å². The van der Waals surface area contributed by atoms with E-state index in [0.717, 1.165) is 16.6 Å².